The highest BCUT2D eigenvalue weighted by Crippen LogP contribution is 2.18. The van der Waals surface area contributed by atoms with Gasteiger partial charge in [-0.1, -0.05) is 332 Å². The van der Waals surface area contributed by atoms with Crippen LogP contribution in [0.5, 0.6) is 0 Å². The van der Waals surface area contributed by atoms with Crippen molar-refractivity contribution in [2.45, 2.75) is 392 Å². The van der Waals surface area contributed by atoms with Crippen LogP contribution in [0.25, 0.3) is 0 Å². The molecule has 0 aromatic rings. The van der Waals surface area contributed by atoms with Gasteiger partial charge in [-0.3, -0.25) is 9.59 Å². The summed E-state index contributed by atoms with van der Waals surface area (Å²) >= 11 is 0. The highest BCUT2D eigenvalue weighted by molar-refractivity contribution is 5.76. The Morgan fingerprint density at radius 2 is 0.646 bits per heavy atom. The second-order valence-corrected chi connectivity index (χ2v) is 24.2. The monoisotopic (exact) mass is 1110 g/mol. The molecule has 1 amide bonds. The zero-order valence-corrected chi connectivity index (χ0v) is 53.1. The van der Waals surface area contributed by atoms with E-state index in [1.165, 1.54) is 302 Å². The zero-order valence-electron chi connectivity index (χ0n) is 53.1. The highest BCUT2D eigenvalue weighted by Gasteiger charge is 2.18. The lowest BCUT2D eigenvalue weighted by Gasteiger charge is -2.20. The van der Waals surface area contributed by atoms with Crippen molar-refractivity contribution in [2.75, 3.05) is 13.2 Å². The van der Waals surface area contributed by atoms with Crippen LogP contribution in [0.4, 0.5) is 0 Å². The summed E-state index contributed by atoms with van der Waals surface area (Å²) < 4.78 is 5.48. The van der Waals surface area contributed by atoms with E-state index >= 15 is 0 Å². The first-order valence-corrected chi connectivity index (χ1v) is 35.4. The van der Waals surface area contributed by atoms with E-state index in [0.717, 1.165) is 51.4 Å². The molecule has 0 fully saturated rings. The molecule has 0 aliphatic carbocycles. The molecule has 0 aromatic carbocycles. The third-order valence-electron chi connectivity index (χ3n) is 16.3. The molecule has 0 saturated heterocycles. The number of unbranched alkanes of at least 4 members (excludes halogenated alkanes) is 49. The molecule has 0 bridgehead atoms. The van der Waals surface area contributed by atoms with Gasteiger partial charge in [-0.25, -0.2) is 0 Å². The van der Waals surface area contributed by atoms with Crippen molar-refractivity contribution >= 4 is 11.9 Å². The maximum Gasteiger partial charge on any atom is 0.305 e. The lowest BCUT2D eigenvalue weighted by atomic mass is 10.0. The minimum absolute atomic E-state index is 0.00274. The summed E-state index contributed by atoms with van der Waals surface area (Å²) in [6.45, 7) is 4.88. The number of amides is 1. The third kappa shape index (κ3) is 64.8. The maximum atomic E-state index is 12.5. The molecule has 0 aromatic heterocycles. The Morgan fingerprint density at radius 3 is 1.01 bits per heavy atom. The van der Waals surface area contributed by atoms with E-state index in [1.807, 2.05) is 6.08 Å². The molecule has 0 spiro atoms. The normalized spacial score (nSPS) is 12.8. The Bertz CT molecular complexity index is 1320. The number of esters is 1. The number of aliphatic hydroxyl groups is 2. The second kappa shape index (κ2) is 68.3. The van der Waals surface area contributed by atoms with E-state index in [4.69, 9.17) is 4.74 Å². The highest BCUT2D eigenvalue weighted by atomic mass is 16.5. The van der Waals surface area contributed by atoms with Crippen LogP contribution in [-0.2, 0) is 14.3 Å². The van der Waals surface area contributed by atoms with Gasteiger partial charge < -0.3 is 20.3 Å². The fourth-order valence-corrected chi connectivity index (χ4v) is 10.9. The van der Waals surface area contributed by atoms with Gasteiger partial charge in [0.15, 0.2) is 0 Å². The van der Waals surface area contributed by atoms with E-state index in [1.54, 1.807) is 6.08 Å². The summed E-state index contributed by atoms with van der Waals surface area (Å²) in [7, 11) is 0. The minimum Gasteiger partial charge on any atom is -0.466 e. The fourth-order valence-electron chi connectivity index (χ4n) is 10.9. The second-order valence-electron chi connectivity index (χ2n) is 24.2. The number of carbonyl (C=O) groups is 2. The number of allylic oxidation sites excluding steroid dienone is 7. The van der Waals surface area contributed by atoms with Crippen molar-refractivity contribution in [1.82, 2.24) is 5.32 Å². The predicted octanol–water partition coefficient (Wildman–Crippen LogP) is 22.9. The number of hydrogen-bond donors (Lipinski definition) is 3. The summed E-state index contributed by atoms with van der Waals surface area (Å²) in [5.74, 6) is -0.0608. The number of rotatable bonds is 66. The van der Waals surface area contributed by atoms with Crippen LogP contribution >= 0.6 is 0 Å². The Labute approximate surface area is 493 Å². The largest absolute Gasteiger partial charge is 0.466 e. The number of aliphatic hydroxyl groups excluding tert-OH is 2. The molecule has 2 unspecified atom stereocenters. The predicted molar refractivity (Wildman–Crippen MR) is 347 cm³/mol. The molecule has 0 aliphatic rings. The van der Waals surface area contributed by atoms with Gasteiger partial charge in [-0.05, 0) is 83.5 Å². The number of carbonyl (C=O) groups excluding carboxylic acids is 2. The van der Waals surface area contributed by atoms with Crippen LogP contribution in [0, 0.1) is 0 Å². The average molecular weight is 1110 g/mol. The molecule has 0 radical (unpaired) electrons. The molecule has 6 heteroatoms. The topological polar surface area (TPSA) is 95.9 Å². The fraction of sp³-hybridized carbons (Fsp3) is 0.863. The molecule has 464 valence electrons. The van der Waals surface area contributed by atoms with Crippen molar-refractivity contribution in [1.29, 1.82) is 0 Å². The first kappa shape index (κ1) is 76.8. The molecule has 0 rings (SSSR count). The first-order chi connectivity index (χ1) is 39.0. The van der Waals surface area contributed by atoms with Gasteiger partial charge in [-0.15, -0.1) is 0 Å². The van der Waals surface area contributed by atoms with Gasteiger partial charge in [-0.2, -0.15) is 0 Å². The van der Waals surface area contributed by atoms with Crippen molar-refractivity contribution in [3.05, 3.63) is 48.6 Å². The molecule has 79 heavy (non-hydrogen) atoms. The molecule has 2 atom stereocenters. The van der Waals surface area contributed by atoms with Gasteiger partial charge in [0.05, 0.1) is 25.4 Å². The lowest BCUT2D eigenvalue weighted by Crippen LogP contribution is -2.45. The van der Waals surface area contributed by atoms with E-state index in [0.29, 0.717) is 19.4 Å². The molecule has 3 N–H and O–H groups in total. The van der Waals surface area contributed by atoms with Crippen molar-refractivity contribution in [2.24, 2.45) is 0 Å². The Hall–Kier alpha value is -2.18. The van der Waals surface area contributed by atoms with Crippen molar-refractivity contribution < 1.29 is 24.5 Å². The van der Waals surface area contributed by atoms with Gasteiger partial charge in [0.1, 0.15) is 0 Å². The van der Waals surface area contributed by atoms with Gasteiger partial charge in [0, 0.05) is 12.8 Å². The van der Waals surface area contributed by atoms with Gasteiger partial charge in [0.25, 0.3) is 0 Å². The van der Waals surface area contributed by atoms with E-state index < -0.39 is 12.1 Å². The SMILES string of the molecule is CCCC/C=C\C/C=C\CCCCCCCC(=O)OCCCCCCCCCCCCCC/C=C\CCCCCCCCCCCCCCCCCC(=O)NC(CO)C(O)/C=C/CCCCCCCCCCCCCCCCC. The quantitative estimate of drug-likeness (QED) is 0.0320. The van der Waals surface area contributed by atoms with Crippen molar-refractivity contribution in [3.8, 4) is 0 Å². The Kier molecular flexibility index (Phi) is 66.4. The molecule has 0 heterocycles. The number of ether oxygens (including phenoxy) is 1. The van der Waals surface area contributed by atoms with Gasteiger partial charge in [0.2, 0.25) is 5.91 Å². The third-order valence-corrected chi connectivity index (χ3v) is 16.3. The number of hydrogen-bond acceptors (Lipinski definition) is 5. The lowest BCUT2D eigenvalue weighted by molar-refractivity contribution is -0.143. The van der Waals surface area contributed by atoms with Crippen LogP contribution in [0.3, 0.4) is 0 Å². The molecule has 0 aliphatic heterocycles. The van der Waals surface area contributed by atoms with Crippen LogP contribution in [0.1, 0.15) is 380 Å². The summed E-state index contributed by atoms with van der Waals surface area (Å²) in [5, 5.41) is 23.2. The summed E-state index contributed by atoms with van der Waals surface area (Å²) in [5.41, 5.74) is 0. The smallest absolute Gasteiger partial charge is 0.305 e. The maximum absolute atomic E-state index is 12.5. The van der Waals surface area contributed by atoms with Crippen molar-refractivity contribution in [3.63, 3.8) is 0 Å². The van der Waals surface area contributed by atoms with E-state index in [-0.39, 0.29) is 18.5 Å². The van der Waals surface area contributed by atoms with Crippen LogP contribution in [-0.4, -0.2) is 47.4 Å². The Balaban J connectivity index is 3.39. The standard InChI is InChI=1S/C73H137NO5/c1-3-5-7-9-11-13-15-17-19-35-38-41-45-49-53-57-61-65-71(76)70(69-75)74-72(77)66-62-58-54-50-46-42-39-36-33-31-29-27-25-23-21-20-22-24-26-28-30-32-34-37-40-44-48-52-56-60-64-68-79-73(78)67-63-59-55-51-47-43-18-16-14-12-10-8-6-4-2/h10,12,16,18,22,24,61,65,70-71,75-76H,3-9,11,13-15,17,19-21,23,25-60,62-64,66-69H2,1-2H3,(H,74,77)/b12-10-,18-16-,24-22-,65-61+. The van der Waals surface area contributed by atoms with E-state index in [2.05, 4.69) is 55.6 Å². The minimum atomic E-state index is -0.844. The van der Waals surface area contributed by atoms with E-state index in [9.17, 15) is 19.8 Å². The molecule has 0 saturated carbocycles. The average Bonchev–Trinajstić information content (AvgIpc) is 3.45. The Morgan fingerprint density at radius 1 is 0.354 bits per heavy atom. The van der Waals surface area contributed by atoms with Crippen LogP contribution < -0.4 is 5.32 Å². The molecule has 6 nitrogen and oxygen atoms in total. The van der Waals surface area contributed by atoms with Crippen LogP contribution in [0.2, 0.25) is 0 Å². The van der Waals surface area contributed by atoms with Gasteiger partial charge >= 0.3 is 5.97 Å². The molecular weight excluding hydrogens is 971 g/mol. The zero-order chi connectivity index (χ0) is 57.1. The summed E-state index contributed by atoms with van der Waals surface area (Å²) in [6.07, 6.45) is 89.1. The summed E-state index contributed by atoms with van der Waals surface area (Å²) in [6, 6.07) is -0.627. The number of nitrogens with one attached hydrogen (secondary N) is 1. The molecular formula is C73H137NO5. The van der Waals surface area contributed by atoms with Crippen LogP contribution in [0.15, 0.2) is 48.6 Å². The first-order valence-electron chi connectivity index (χ1n) is 35.4. The summed E-state index contributed by atoms with van der Waals surface area (Å²) in [4.78, 5) is 24.6.